The summed E-state index contributed by atoms with van der Waals surface area (Å²) in [7, 11) is 0. The summed E-state index contributed by atoms with van der Waals surface area (Å²) in [4.78, 5) is 18.8. The molecule has 0 spiro atoms. The largest absolute Gasteiger partial charge is 0.339 e. The Bertz CT molecular complexity index is 965. The molecule has 0 N–H and O–H groups in total. The predicted molar refractivity (Wildman–Crippen MR) is 103 cm³/mol. The molecule has 6 heteroatoms. The Morgan fingerprint density at radius 3 is 2.62 bits per heavy atom. The second-order valence-corrected chi connectivity index (χ2v) is 7.55. The van der Waals surface area contributed by atoms with Gasteiger partial charge < -0.3 is 9.42 Å². The van der Waals surface area contributed by atoms with Crippen molar-refractivity contribution in [2.45, 2.75) is 26.2 Å². The third-order valence-electron chi connectivity index (χ3n) is 4.82. The van der Waals surface area contributed by atoms with Crippen LogP contribution in [0.15, 0.2) is 51.5 Å². The number of hydrogen-bond acceptors (Lipinski definition) is 4. The highest BCUT2D eigenvalue weighted by Crippen LogP contribution is 2.32. The van der Waals surface area contributed by atoms with E-state index in [2.05, 4.69) is 46.0 Å². The van der Waals surface area contributed by atoms with Gasteiger partial charge in [-0.2, -0.15) is 4.98 Å². The molecule has 3 aromatic rings. The summed E-state index contributed by atoms with van der Waals surface area (Å²) in [5.74, 6) is 1.06. The minimum atomic E-state index is -0.0826. The van der Waals surface area contributed by atoms with E-state index >= 15 is 0 Å². The van der Waals surface area contributed by atoms with Crippen LogP contribution in [0.3, 0.4) is 0 Å². The van der Waals surface area contributed by atoms with Crippen LogP contribution in [0.5, 0.6) is 0 Å². The Labute approximate surface area is 160 Å². The van der Waals surface area contributed by atoms with Gasteiger partial charge in [0.1, 0.15) is 0 Å². The van der Waals surface area contributed by atoms with Crippen LogP contribution in [0.1, 0.15) is 29.4 Å². The van der Waals surface area contributed by atoms with Crippen LogP contribution in [-0.4, -0.2) is 22.6 Å². The number of carbonyl (C=O) groups is 1. The molecule has 1 saturated heterocycles. The Hall–Kier alpha value is -2.47. The van der Waals surface area contributed by atoms with Crippen molar-refractivity contribution >= 4 is 27.5 Å². The SMILES string of the molecule is Cc1ccc(N2C[C@H](c3nc(-c4ccc(Br)cc4)no3)CC2=O)cc1C. The normalized spacial score (nSPS) is 17.1. The van der Waals surface area contributed by atoms with E-state index in [0.29, 0.717) is 24.7 Å². The van der Waals surface area contributed by atoms with Gasteiger partial charge in [0.25, 0.3) is 0 Å². The van der Waals surface area contributed by atoms with E-state index in [-0.39, 0.29) is 11.8 Å². The van der Waals surface area contributed by atoms with Crippen molar-refractivity contribution < 1.29 is 9.32 Å². The monoisotopic (exact) mass is 411 g/mol. The number of rotatable bonds is 3. The van der Waals surface area contributed by atoms with Gasteiger partial charge in [-0.1, -0.05) is 27.2 Å². The zero-order valence-corrected chi connectivity index (χ0v) is 16.2. The molecule has 132 valence electrons. The highest BCUT2D eigenvalue weighted by Gasteiger charge is 2.35. The van der Waals surface area contributed by atoms with Crippen molar-refractivity contribution in [2.75, 3.05) is 11.4 Å². The smallest absolute Gasteiger partial charge is 0.232 e. The van der Waals surface area contributed by atoms with Crippen molar-refractivity contribution in [1.82, 2.24) is 10.1 Å². The van der Waals surface area contributed by atoms with Crippen LogP contribution in [0.25, 0.3) is 11.4 Å². The van der Waals surface area contributed by atoms with Gasteiger partial charge in [0.05, 0.1) is 5.92 Å². The Balaban J connectivity index is 1.55. The van der Waals surface area contributed by atoms with Gasteiger partial charge in [-0.25, -0.2) is 0 Å². The first-order chi connectivity index (χ1) is 12.5. The van der Waals surface area contributed by atoms with Crippen LogP contribution in [-0.2, 0) is 4.79 Å². The first-order valence-corrected chi connectivity index (χ1v) is 9.28. The fourth-order valence-corrected chi connectivity index (χ4v) is 3.40. The van der Waals surface area contributed by atoms with E-state index in [4.69, 9.17) is 4.52 Å². The number of aryl methyl sites for hydroxylation is 2. The maximum atomic E-state index is 12.5. The maximum Gasteiger partial charge on any atom is 0.232 e. The van der Waals surface area contributed by atoms with Gasteiger partial charge in [0.15, 0.2) is 0 Å². The lowest BCUT2D eigenvalue weighted by molar-refractivity contribution is -0.117. The fraction of sp³-hybridized carbons (Fsp3) is 0.250. The number of nitrogens with zero attached hydrogens (tertiary/aromatic N) is 3. The molecule has 26 heavy (non-hydrogen) atoms. The molecule has 2 heterocycles. The quantitative estimate of drug-likeness (QED) is 0.629. The summed E-state index contributed by atoms with van der Waals surface area (Å²) in [6.07, 6.45) is 0.384. The van der Waals surface area contributed by atoms with E-state index in [1.54, 1.807) is 4.90 Å². The van der Waals surface area contributed by atoms with Gasteiger partial charge >= 0.3 is 0 Å². The number of amides is 1. The summed E-state index contributed by atoms with van der Waals surface area (Å²) < 4.78 is 6.45. The first-order valence-electron chi connectivity index (χ1n) is 8.48. The molecule has 1 aromatic heterocycles. The van der Waals surface area contributed by atoms with Crippen molar-refractivity contribution in [2.24, 2.45) is 0 Å². The summed E-state index contributed by atoms with van der Waals surface area (Å²) in [5.41, 5.74) is 4.20. The summed E-state index contributed by atoms with van der Waals surface area (Å²) in [6, 6.07) is 13.8. The van der Waals surface area contributed by atoms with Crippen LogP contribution in [0.4, 0.5) is 5.69 Å². The number of carbonyl (C=O) groups excluding carboxylic acids is 1. The molecule has 0 radical (unpaired) electrons. The maximum absolute atomic E-state index is 12.5. The lowest BCUT2D eigenvalue weighted by atomic mass is 10.1. The van der Waals surface area contributed by atoms with E-state index in [9.17, 15) is 4.79 Å². The highest BCUT2D eigenvalue weighted by atomic mass is 79.9. The molecular formula is C20H18BrN3O2. The van der Waals surface area contributed by atoms with Gasteiger partial charge in [0.2, 0.25) is 17.6 Å². The molecule has 1 amide bonds. The van der Waals surface area contributed by atoms with Crippen molar-refractivity contribution in [3.63, 3.8) is 0 Å². The summed E-state index contributed by atoms with van der Waals surface area (Å²) in [6.45, 7) is 4.68. The number of aromatic nitrogens is 2. The lowest BCUT2D eigenvalue weighted by Crippen LogP contribution is -2.24. The van der Waals surface area contributed by atoms with Crippen LogP contribution in [0, 0.1) is 13.8 Å². The Kier molecular flexibility index (Phi) is 4.36. The molecule has 2 aromatic carbocycles. The van der Waals surface area contributed by atoms with Gasteiger partial charge in [-0.3, -0.25) is 4.79 Å². The first kappa shape index (κ1) is 17.0. The molecular weight excluding hydrogens is 394 g/mol. The second-order valence-electron chi connectivity index (χ2n) is 6.64. The third kappa shape index (κ3) is 3.17. The Morgan fingerprint density at radius 1 is 1.12 bits per heavy atom. The predicted octanol–water partition coefficient (Wildman–Crippen LogP) is 4.64. The molecule has 1 atom stereocenters. The highest BCUT2D eigenvalue weighted by molar-refractivity contribution is 9.10. The minimum Gasteiger partial charge on any atom is -0.339 e. The van der Waals surface area contributed by atoms with E-state index in [0.717, 1.165) is 15.7 Å². The van der Waals surface area contributed by atoms with Crippen molar-refractivity contribution in [1.29, 1.82) is 0 Å². The van der Waals surface area contributed by atoms with Gasteiger partial charge in [0, 0.05) is 28.7 Å². The van der Waals surface area contributed by atoms with Crippen LogP contribution in [0.2, 0.25) is 0 Å². The molecule has 1 aliphatic heterocycles. The van der Waals surface area contributed by atoms with E-state index in [1.807, 2.05) is 36.4 Å². The minimum absolute atomic E-state index is 0.0826. The zero-order valence-electron chi connectivity index (χ0n) is 14.6. The van der Waals surface area contributed by atoms with Gasteiger partial charge in [-0.15, -0.1) is 0 Å². The molecule has 0 aliphatic carbocycles. The van der Waals surface area contributed by atoms with Crippen molar-refractivity contribution in [3.05, 3.63) is 64.0 Å². The topological polar surface area (TPSA) is 59.2 Å². The standard InChI is InChI=1S/C20H18BrN3O2/c1-12-3-8-17(9-13(12)2)24-11-15(10-18(24)25)20-22-19(23-26-20)14-4-6-16(21)7-5-14/h3-9,15H,10-11H2,1-2H3/t15-/m1/s1. The molecule has 1 fully saturated rings. The molecule has 0 bridgehead atoms. The zero-order chi connectivity index (χ0) is 18.3. The van der Waals surface area contributed by atoms with Crippen molar-refractivity contribution in [3.8, 4) is 11.4 Å². The lowest BCUT2D eigenvalue weighted by Gasteiger charge is -2.17. The fourth-order valence-electron chi connectivity index (χ4n) is 3.13. The average molecular weight is 412 g/mol. The average Bonchev–Trinajstić information content (AvgIpc) is 3.25. The molecule has 0 unspecified atom stereocenters. The van der Waals surface area contributed by atoms with E-state index < -0.39 is 0 Å². The number of hydrogen-bond donors (Lipinski definition) is 0. The van der Waals surface area contributed by atoms with E-state index in [1.165, 1.54) is 11.1 Å². The molecule has 0 saturated carbocycles. The summed E-state index contributed by atoms with van der Waals surface area (Å²) in [5, 5.41) is 4.08. The molecule has 1 aliphatic rings. The van der Waals surface area contributed by atoms with Crippen LogP contribution >= 0.6 is 15.9 Å². The molecule has 4 rings (SSSR count). The number of anilines is 1. The number of halogens is 1. The van der Waals surface area contributed by atoms with Gasteiger partial charge in [-0.05, 0) is 61.4 Å². The van der Waals surface area contributed by atoms with Crippen LogP contribution < -0.4 is 4.90 Å². The third-order valence-corrected chi connectivity index (χ3v) is 5.35. The Morgan fingerprint density at radius 2 is 1.88 bits per heavy atom. The molecule has 5 nitrogen and oxygen atoms in total. The summed E-state index contributed by atoms with van der Waals surface area (Å²) >= 11 is 3.41. The second kappa shape index (κ2) is 6.68. The number of benzene rings is 2.